The maximum Gasteiger partial charge on any atom is 0.340 e. The Labute approximate surface area is 221 Å². The van der Waals surface area contributed by atoms with E-state index in [1.54, 1.807) is 24.5 Å². The summed E-state index contributed by atoms with van der Waals surface area (Å²) in [5.74, 6) is 1.21. The molecule has 2 fully saturated rings. The molecule has 0 amide bonds. The lowest BCUT2D eigenvalue weighted by Gasteiger charge is -2.34. The molecular formula is C27H31N5O5S. The smallest absolute Gasteiger partial charge is 0.340 e. The largest absolute Gasteiger partial charge is 0.474 e. The highest BCUT2D eigenvalue weighted by molar-refractivity contribution is 7.91. The van der Waals surface area contributed by atoms with Gasteiger partial charge >= 0.3 is 5.97 Å². The first-order valence-corrected chi connectivity index (χ1v) is 14.7. The van der Waals surface area contributed by atoms with Crippen molar-refractivity contribution in [3.63, 3.8) is 0 Å². The third kappa shape index (κ3) is 4.17. The molecule has 0 unspecified atom stereocenters. The van der Waals surface area contributed by atoms with Gasteiger partial charge in [0.05, 0.1) is 27.3 Å². The predicted molar refractivity (Wildman–Crippen MR) is 142 cm³/mol. The summed E-state index contributed by atoms with van der Waals surface area (Å²) in [5, 5.41) is 4.43. The number of esters is 1. The van der Waals surface area contributed by atoms with Crippen LogP contribution in [0.25, 0.3) is 10.8 Å². The van der Waals surface area contributed by atoms with Gasteiger partial charge in [-0.1, -0.05) is 0 Å². The second-order valence-electron chi connectivity index (χ2n) is 11.4. The van der Waals surface area contributed by atoms with Crippen molar-refractivity contribution in [3.05, 3.63) is 47.4 Å². The van der Waals surface area contributed by atoms with Gasteiger partial charge in [0.1, 0.15) is 23.8 Å². The van der Waals surface area contributed by atoms with E-state index in [2.05, 4.69) is 15.3 Å². The summed E-state index contributed by atoms with van der Waals surface area (Å²) < 4.78 is 35.2. The number of rotatable bonds is 6. The molecule has 1 atom stereocenters. The number of hydrogen-bond acceptors (Lipinski definition) is 10. The molecule has 1 spiro atoms. The third-order valence-corrected chi connectivity index (χ3v) is 9.65. The van der Waals surface area contributed by atoms with E-state index >= 15 is 0 Å². The fraction of sp³-hybridized carbons (Fsp3) is 0.481. The molecule has 3 N–H and O–H groups in total. The normalized spacial score (nSPS) is 23.9. The highest BCUT2D eigenvalue weighted by atomic mass is 32.2. The summed E-state index contributed by atoms with van der Waals surface area (Å²) in [6, 6.07) is 5.40. The number of fused-ring (bicyclic) bond motifs is 3. The molecule has 4 heterocycles. The molecule has 3 aromatic rings. The molecule has 2 saturated carbocycles. The van der Waals surface area contributed by atoms with Crippen LogP contribution in [0, 0.1) is 0 Å². The van der Waals surface area contributed by atoms with Crippen molar-refractivity contribution >= 4 is 38.2 Å². The van der Waals surface area contributed by atoms with E-state index in [1.165, 1.54) is 6.26 Å². The van der Waals surface area contributed by atoms with E-state index in [0.29, 0.717) is 41.3 Å². The average molecular weight is 538 g/mol. The molecule has 38 heavy (non-hydrogen) atoms. The summed E-state index contributed by atoms with van der Waals surface area (Å²) in [6.07, 6.45) is 6.99. The lowest BCUT2D eigenvalue weighted by molar-refractivity contribution is 0.0183. The highest BCUT2D eigenvalue weighted by Gasteiger charge is 2.56. The van der Waals surface area contributed by atoms with Crippen LogP contribution in [0.4, 0.5) is 11.6 Å². The number of aromatic nitrogens is 3. The monoisotopic (exact) mass is 537 g/mol. The molecule has 3 aromatic heterocycles. The van der Waals surface area contributed by atoms with Gasteiger partial charge in [-0.2, -0.15) is 0 Å². The molecule has 0 bridgehead atoms. The zero-order valence-corrected chi connectivity index (χ0v) is 22.6. The molecule has 2 aliphatic carbocycles. The van der Waals surface area contributed by atoms with Crippen LogP contribution < -0.4 is 15.8 Å². The first kappa shape index (κ1) is 25.0. The number of nitrogens with two attached hydrogens (primary N) is 1. The Morgan fingerprint density at radius 1 is 1.13 bits per heavy atom. The Morgan fingerprint density at radius 2 is 1.87 bits per heavy atom. The van der Waals surface area contributed by atoms with Crippen molar-refractivity contribution < 1.29 is 22.7 Å². The average Bonchev–Trinajstić information content (AvgIpc) is 3.60. The summed E-state index contributed by atoms with van der Waals surface area (Å²) in [6.45, 7) is 5.73. The van der Waals surface area contributed by atoms with Gasteiger partial charge in [0.2, 0.25) is 5.88 Å². The van der Waals surface area contributed by atoms with Gasteiger partial charge in [-0.25, -0.2) is 28.2 Å². The van der Waals surface area contributed by atoms with Crippen LogP contribution in [0.3, 0.4) is 0 Å². The molecule has 200 valence electrons. The second-order valence-corrected chi connectivity index (χ2v) is 13.7. The van der Waals surface area contributed by atoms with Crippen molar-refractivity contribution in [2.75, 3.05) is 11.6 Å². The summed E-state index contributed by atoms with van der Waals surface area (Å²) in [7, 11) is -3.08. The minimum absolute atomic E-state index is 0.201. The fourth-order valence-electron chi connectivity index (χ4n) is 5.42. The van der Waals surface area contributed by atoms with Crippen LogP contribution in [0.1, 0.15) is 68.1 Å². The van der Waals surface area contributed by atoms with Gasteiger partial charge < -0.3 is 20.5 Å². The number of nitrogens with zero attached hydrogens (tertiary/aromatic N) is 3. The molecule has 0 aromatic carbocycles. The van der Waals surface area contributed by atoms with Crippen LogP contribution in [0.2, 0.25) is 0 Å². The van der Waals surface area contributed by atoms with Crippen LogP contribution in [0.15, 0.2) is 30.6 Å². The lowest BCUT2D eigenvalue weighted by atomic mass is 9.89. The van der Waals surface area contributed by atoms with E-state index in [1.807, 2.05) is 26.8 Å². The van der Waals surface area contributed by atoms with Crippen LogP contribution in [-0.4, -0.2) is 53.1 Å². The molecular weight excluding hydrogens is 506 g/mol. The number of sulfone groups is 1. The second kappa shape index (κ2) is 8.34. The Bertz CT molecular complexity index is 1570. The van der Waals surface area contributed by atoms with E-state index in [9.17, 15) is 13.2 Å². The number of nitrogens with one attached hydrogen (secondary N) is 1. The number of anilines is 2. The molecule has 1 aliphatic heterocycles. The molecule has 0 radical (unpaired) electrons. The molecule has 10 nitrogen and oxygen atoms in total. The van der Waals surface area contributed by atoms with Gasteiger partial charge in [-0.3, -0.25) is 0 Å². The molecule has 0 saturated heterocycles. The quantitative estimate of drug-likeness (QED) is 0.448. The molecule has 11 heteroatoms. The van der Waals surface area contributed by atoms with Gasteiger partial charge in [-0.15, -0.1) is 0 Å². The Balaban J connectivity index is 1.32. The first-order valence-electron chi connectivity index (χ1n) is 12.8. The number of ether oxygens (including phenoxy) is 2. The van der Waals surface area contributed by atoms with Crippen molar-refractivity contribution in [2.24, 2.45) is 5.73 Å². The van der Waals surface area contributed by atoms with Gasteiger partial charge in [0.25, 0.3) is 0 Å². The van der Waals surface area contributed by atoms with E-state index in [-0.39, 0.29) is 28.8 Å². The minimum Gasteiger partial charge on any atom is -0.474 e. The Kier molecular flexibility index (Phi) is 5.49. The Morgan fingerprint density at radius 3 is 2.53 bits per heavy atom. The van der Waals surface area contributed by atoms with Gasteiger partial charge in [-0.05, 0) is 62.8 Å². The van der Waals surface area contributed by atoms with E-state index in [4.69, 9.17) is 20.2 Å². The number of carbonyl (C=O) groups excluding carboxylic acids is 1. The first-order chi connectivity index (χ1) is 17.8. The Hall–Kier alpha value is -3.31. The zero-order valence-electron chi connectivity index (χ0n) is 21.8. The topological polar surface area (TPSA) is 146 Å². The van der Waals surface area contributed by atoms with E-state index in [0.717, 1.165) is 29.5 Å². The van der Waals surface area contributed by atoms with Crippen molar-refractivity contribution in [3.8, 4) is 5.88 Å². The number of pyridine rings is 3. The summed E-state index contributed by atoms with van der Waals surface area (Å²) in [5.41, 5.74) is 7.71. The standard InChI is InChI=1S/C27H31N5O5S/c1-14-27(7-8-27)23-17(25(33)36-14)5-6-21(32-23)31-22-11-18-19(12-29-22)24(30-13-20(18)26(2,3)28)37-15-9-16(10-15)38(4,34)35/h5-6,11-16H,7-10,28H2,1-4H3,(H,29,31,32)/t14-,15?,16?/m1/s1. The van der Waals surface area contributed by atoms with Crippen LogP contribution in [0.5, 0.6) is 5.88 Å². The van der Waals surface area contributed by atoms with E-state index < -0.39 is 15.4 Å². The van der Waals surface area contributed by atoms with Crippen molar-refractivity contribution in [1.29, 1.82) is 0 Å². The summed E-state index contributed by atoms with van der Waals surface area (Å²) in [4.78, 5) is 26.3. The highest BCUT2D eigenvalue weighted by Crippen LogP contribution is 2.54. The maximum absolute atomic E-state index is 12.4. The maximum atomic E-state index is 12.4. The predicted octanol–water partition coefficient (Wildman–Crippen LogP) is 3.51. The van der Waals surface area contributed by atoms with Crippen LogP contribution >= 0.6 is 0 Å². The van der Waals surface area contributed by atoms with Gasteiger partial charge in [0, 0.05) is 37.0 Å². The number of hydrogen-bond donors (Lipinski definition) is 2. The zero-order chi connectivity index (χ0) is 27.0. The minimum atomic E-state index is -3.08. The number of carbonyl (C=O) groups is 1. The fourth-order valence-corrected chi connectivity index (χ4v) is 6.55. The number of cyclic esters (lactones) is 1. The van der Waals surface area contributed by atoms with Crippen molar-refractivity contribution in [2.45, 2.75) is 74.9 Å². The summed E-state index contributed by atoms with van der Waals surface area (Å²) >= 11 is 0. The van der Waals surface area contributed by atoms with Crippen molar-refractivity contribution in [1.82, 2.24) is 15.0 Å². The van der Waals surface area contributed by atoms with Gasteiger partial charge in [0.15, 0.2) is 9.84 Å². The molecule has 6 rings (SSSR count). The third-order valence-electron chi connectivity index (χ3n) is 8.06. The SMILES string of the molecule is C[C@H]1OC(=O)c2ccc(Nc3cc4c(C(C)(C)N)cnc(OC5CC(S(C)(=O)=O)C5)c4cn3)nc2C12CC2. The van der Waals surface area contributed by atoms with Crippen LogP contribution in [-0.2, 0) is 25.5 Å². The molecule has 3 aliphatic rings. The lowest BCUT2D eigenvalue weighted by Crippen LogP contribution is -2.42.